The van der Waals surface area contributed by atoms with Crippen molar-refractivity contribution in [3.63, 3.8) is 0 Å². The molecule has 0 aliphatic heterocycles. The minimum absolute atomic E-state index is 0.151. The third-order valence-corrected chi connectivity index (χ3v) is 3.97. The van der Waals surface area contributed by atoms with E-state index in [1.807, 2.05) is 25.1 Å². The van der Waals surface area contributed by atoms with Crippen molar-refractivity contribution in [3.8, 4) is 0 Å². The van der Waals surface area contributed by atoms with Crippen LogP contribution in [0.2, 0.25) is 0 Å². The third-order valence-electron chi connectivity index (χ3n) is 2.64. The normalized spacial score (nSPS) is 10.4. The van der Waals surface area contributed by atoms with Gasteiger partial charge in [0.2, 0.25) is 0 Å². The molecule has 0 saturated heterocycles. The number of carbonyl (C=O) groups excluding carboxylic acids is 1. The first kappa shape index (κ1) is 14.2. The second-order valence-corrected chi connectivity index (χ2v) is 6.05. The molecule has 0 spiro atoms. The highest BCUT2D eigenvalue weighted by atomic mass is 79.9. The molecule has 0 unspecified atom stereocenters. The van der Waals surface area contributed by atoms with Crippen LogP contribution < -0.4 is 5.32 Å². The SMILES string of the molecule is Cc1nc(C(=O)Nc2cccc(CCCBr)c2)cs1. The third kappa shape index (κ3) is 4.14. The van der Waals surface area contributed by atoms with Gasteiger partial charge in [-0.15, -0.1) is 11.3 Å². The van der Waals surface area contributed by atoms with E-state index in [2.05, 4.69) is 32.3 Å². The number of thiazole rings is 1. The lowest BCUT2D eigenvalue weighted by Gasteiger charge is -2.06. The molecule has 1 amide bonds. The van der Waals surface area contributed by atoms with E-state index >= 15 is 0 Å². The predicted molar refractivity (Wildman–Crippen MR) is 83.4 cm³/mol. The van der Waals surface area contributed by atoms with E-state index in [1.54, 1.807) is 5.38 Å². The van der Waals surface area contributed by atoms with Gasteiger partial charge in [0.25, 0.3) is 5.91 Å². The van der Waals surface area contributed by atoms with Crippen molar-refractivity contribution in [1.29, 1.82) is 0 Å². The summed E-state index contributed by atoms with van der Waals surface area (Å²) in [6.07, 6.45) is 2.09. The smallest absolute Gasteiger partial charge is 0.275 e. The summed E-state index contributed by atoms with van der Waals surface area (Å²) < 4.78 is 0. The summed E-state index contributed by atoms with van der Waals surface area (Å²) in [7, 11) is 0. The number of rotatable bonds is 5. The van der Waals surface area contributed by atoms with Crippen LogP contribution in [0.3, 0.4) is 0 Å². The molecule has 5 heteroatoms. The van der Waals surface area contributed by atoms with Crippen molar-refractivity contribution in [2.45, 2.75) is 19.8 Å². The fraction of sp³-hybridized carbons (Fsp3) is 0.286. The van der Waals surface area contributed by atoms with Gasteiger partial charge >= 0.3 is 0 Å². The summed E-state index contributed by atoms with van der Waals surface area (Å²) in [6.45, 7) is 1.89. The Kier molecular flexibility index (Phi) is 5.10. The average molecular weight is 339 g/mol. The maximum absolute atomic E-state index is 12.0. The fourth-order valence-electron chi connectivity index (χ4n) is 1.74. The molecule has 0 aliphatic rings. The highest BCUT2D eigenvalue weighted by molar-refractivity contribution is 9.09. The van der Waals surface area contributed by atoms with Gasteiger partial charge in [-0.25, -0.2) is 4.98 Å². The Bertz CT molecular complexity index is 568. The van der Waals surface area contributed by atoms with Crippen LogP contribution in [0.4, 0.5) is 5.69 Å². The maximum Gasteiger partial charge on any atom is 0.275 e. The van der Waals surface area contributed by atoms with Crippen LogP contribution >= 0.6 is 27.3 Å². The summed E-state index contributed by atoms with van der Waals surface area (Å²) in [6, 6.07) is 7.95. The first-order chi connectivity index (χ1) is 9.19. The van der Waals surface area contributed by atoms with E-state index in [4.69, 9.17) is 0 Å². The molecule has 0 aliphatic carbocycles. The van der Waals surface area contributed by atoms with Crippen molar-refractivity contribution in [1.82, 2.24) is 4.98 Å². The summed E-state index contributed by atoms with van der Waals surface area (Å²) in [5.41, 5.74) is 2.53. The Morgan fingerprint density at radius 1 is 1.47 bits per heavy atom. The van der Waals surface area contributed by atoms with E-state index in [0.29, 0.717) is 5.69 Å². The number of nitrogens with one attached hydrogen (secondary N) is 1. The molecule has 1 heterocycles. The molecule has 1 N–H and O–H groups in total. The Morgan fingerprint density at radius 3 is 3.00 bits per heavy atom. The second-order valence-electron chi connectivity index (χ2n) is 4.20. The van der Waals surface area contributed by atoms with Gasteiger partial charge in [0.1, 0.15) is 5.69 Å². The van der Waals surface area contributed by atoms with Gasteiger partial charge in [0, 0.05) is 16.4 Å². The Labute approximate surface area is 125 Å². The number of benzene rings is 1. The number of nitrogens with zero attached hydrogens (tertiary/aromatic N) is 1. The lowest BCUT2D eigenvalue weighted by Crippen LogP contribution is -2.12. The molecular weight excluding hydrogens is 324 g/mol. The highest BCUT2D eigenvalue weighted by Crippen LogP contribution is 2.15. The van der Waals surface area contributed by atoms with E-state index in [-0.39, 0.29) is 5.91 Å². The standard InChI is InChI=1S/C14H15BrN2OS/c1-10-16-13(9-19-10)14(18)17-12-6-2-4-11(8-12)5-3-7-15/h2,4,6,8-9H,3,5,7H2,1H3,(H,17,18). The van der Waals surface area contributed by atoms with Crippen LogP contribution in [-0.4, -0.2) is 16.2 Å². The average Bonchev–Trinajstić information content (AvgIpc) is 2.83. The van der Waals surface area contributed by atoms with Crippen molar-refractivity contribution >= 4 is 38.9 Å². The molecule has 0 fully saturated rings. The van der Waals surface area contributed by atoms with Crippen molar-refractivity contribution in [2.24, 2.45) is 0 Å². The van der Waals surface area contributed by atoms with E-state index in [0.717, 1.165) is 28.9 Å². The quantitative estimate of drug-likeness (QED) is 0.836. The number of anilines is 1. The summed E-state index contributed by atoms with van der Waals surface area (Å²) in [5.74, 6) is -0.151. The molecule has 1 aromatic heterocycles. The number of aryl methyl sites for hydroxylation is 2. The van der Waals surface area contributed by atoms with Gasteiger partial charge in [0.05, 0.1) is 5.01 Å². The van der Waals surface area contributed by atoms with Crippen LogP contribution in [0.25, 0.3) is 0 Å². The van der Waals surface area contributed by atoms with Crippen LogP contribution in [0.15, 0.2) is 29.6 Å². The molecule has 2 aromatic rings. The summed E-state index contributed by atoms with van der Waals surface area (Å²) in [5, 5.41) is 6.55. The number of hydrogen-bond acceptors (Lipinski definition) is 3. The molecule has 19 heavy (non-hydrogen) atoms. The van der Waals surface area contributed by atoms with Crippen molar-refractivity contribution < 1.29 is 4.79 Å². The minimum atomic E-state index is -0.151. The number of carbonyl (C=O) groups is 1. The number of aromatic nitrogens is 1. The van der Waals surface area contributed by atoms with E-state index in [9.17, 15) is 4.79 Å². The van der Waals surface area contributed by atoms with E-state index in [1.165, 1.54) is 16.9 Å². The lowest BCUT2D eigenvalue weighted by atomic mass is 10.1. The Balaban J connectivity index is 2.04. The zero-order valence-electron chi connectivity index (χ0n) is 10.6. The number of alkyl halides is 1. The number of amides is 1. The summed E-state index contributed by atoms with van der Waals surface area (Å²) in [4.78, 5) is 16.2. The van der Waals surface area contributed by atoms with Gasteiger partial charge in [-0.2, -0.15) is 0 Å². The monoisotopic (exact) mass is 338 g/mol. The predicted octanol–water partition coefficient (Wildman–Crippen LogP) is 4.03. The molecule has 0 saturated carbocycles. The minimum Gasteiger partial charge on any atom is -0.321 e. The number of hydrogen-bond donors (Lipinski definition) is 1. The van der Waals surface area contributed by atoms with Gasteiger partial charge in [-0.1, -0.05) is 28.1 Å². The number of halogens is 1. The maximum atomic E-state index is 12.0. The first-order valence-corrected chi connectivity index (χ1v) is 8.07. The van der Waals surface area contributed by atoms with Crippen molar-refractivity contribution in [2.75, 3.05) is 10.6 Å². The topological polar surface area (TPSA) is 42.0 Å². The van der Waals surface area contributed by atoms with Gasteiger partial charge in [-0.3, -0.25) is 4.79 Å². The molecule has 0 bridgehead atoms. The molecule has 0 atom stereocenters. The first-order valence-electron chi connectivity index (χ1n) is 6.07. The Hall–Kier alpha value is -1.20. The van der Waals surface area contributed by atoms with Crippen LogP contribution in [0, 0.1) is 6.92 Å². The zero-order valence-corrected chi connectivity index (χ0v) is 13.1. The molecular formula is C14H15BrN2OS. The lowest BCUT2D eigenvalue weighted by molar-refractivity contribution is 0.102. The molecule has 100 valence electrons. The van der Waals surface area contributed by atoms with Crippen molar-refractivity contribution in [3.05, 3.63) is 45.9 Å². The van der Waals surface area contributed by atoms with Gasteiger partial charge in [-0.05, 0) is 37.5 Å². The summed E-state index contributed by atoms with van der Waals surface area (Å²) >= 11 is 4.90. The zero-order chi connectivity index (χ0) is 13.7. The Morgan fingerprint density at radius 2 is 2.32 bits per heavy atom. The van der Waals surface area contributed by atoms with Crippen LogP contribution in [-0.2, 0) is 6.42 Å². The van der Waals surface area contributed by atoms with E-state index < -0.39 is 0 Å². The molecule has 1 aromatic carbocycles. The molecule has 2 rings (SSSR count). The fourth-order valence-corrected chi connectivity index (χ4v) is 2.61. The molecule has 3 nitrogen and oxygen atoms in total. The highest BCUT2D eigenvalue weighted by Gasteiger charge is 2.09. The van der Waals surface area contributed by atoms with Gasteiger partial charge < -0.3 is 5.32 Å². The van der Waals surface area contributed by atoms with Gasteiger partial charge in [0.15, 0.2) is 0 Å². The largest absolute Gasteiger partial charge is 0.321 e. The second kappa shape index (κ2) is 6.82. The van der Waals surface area contributed by atoms with Crippen LogP contribution in [0.1, 0.15) is 27.5 Å². The molecule has 0 radical (unpaired) electrons. The van der Waals surface area contributed by atoms with Crippen LogP contribution in [0.5, 0.6) is 0 Å².